The SMILES string of the molecule is CC(C)OCCOCc1ccc(OC[C@H](O)CN(C(=O)[C@@H](C)c2cccc(C(=O)c3ccccc3)c2)C(C)C)cc1. The fraction of sp³-hybridized carbons (Fsp3) is 0.412. The Labute approximate surface area is 244 Å². The van der Waals surface area contributed by atoms with E-state index in [-0.39, 0.29) is 37.0 Å². The van der Waals surface area contributed by atoms with Crippen LogP contribution in [-0.4, -0.2) is 66.3 Å². The average molecular weight is 562 g/mol. The number of carbonyl (C=O) groups excluding carboxylic acids is 2. The molecular formula is C34H43NO6. The Hall–Kier alpha value is -3.52. The zero-order chi connectivity index (χ0) is 29.8. The van der Waals surface area contributed by atoms with Gasteiger partial charge in [-0.15, -0.1) is 0 Å². The average Bonchev–Trinajstić information content (AvgIpc) is 2.98. The maximum atomic E-state index is 13.5. The second kappa shape index (κ2) is 16.1. The van der Waals surface area contributed by atoms with Crippen molar-refractivity contribution in [2.24, 2.45) is 0 Å². The minimum Gasteiger partial charge on any atom is -0.491 e. The molecule has 0 saturated carbocycles. The number of nitrogens with zero attached hydrogens (tertiary/aromatic N) is 1. The van der Waals surface area contributed by atoms with Gasteiger partial charge in [0.15, 0.2) is 5.78 Å². The number of aliphatic hydroxyl groups excluding tert-OH is 1. The first-order chi connectivity index (χ1) is 19.7. The molecule has 2 atom stereocenters. The first-order valence-electron chi connectivity index (χ1n) is 14.2. The van der Waals surface area contributed by atoms with Crippen LogP contribution < -0.4 is 4.74 Å². The van der Waals surface area contributed by atoms with Crippen molar-refractivity contribution in [3.63, 3.8) is 0 Å². The third-order valence-electron chi connectivity index (χ3n) is 6.68. The van der Waals surface area contributed by atoms with E-state index in [1.807, 2.05) is 83.1 Å². The molecule has 0 aliphatic carbocycles. The van der Waals surface area contributed by atoms with Crippen molar-refractivity contribution in [2.45, 2.75) is 65.4 Å². The molecule has 7 heteroatoms. The lowest BCUT2D eigenvalue weighted by Crippen LogP contribution is -2.45. The van der Waals surface area contributed by atoms with Crippen LogP contribution >= 0.6 is 0 Å². The maximum Gasteiger partial charge on any atom is 0.230 e. The molecule has 0 aliphatic heterocycles. The van der Waals surface area contributed by atoms with Gasteiger partial charge in [0.05, 0.1) is 38.4 Å². The van der Waals surface area contributed by atoms with Gasteiger partial charge < -0.3 is 24.2 Å². The second-order valence-electron chi connectivity index (χ2n) is 10.7. The Morgan fingerprint density at radius 2 is 1.51 bits per heavy atom. The Morgan fingerprint density at radius 3 is 2.17 bits per heavy atom. The smallest absolute Gasteiger partial charge is 0.230 e. The van der Waals surface area contributed by atoms with Gasteiger partial charge in [0, 0.05) is 17.2 Å². The van der Waals surface area contributed by atoms with E-state index in [1.165, 1.54) is 0 Å². The van der Waals surface area contributed by atoms with Crippen molar-refractivity contribution in [3.8, 4) is 5.75 Å². The fourth-order valence-corrected chi connectivity index (χ4v) is 4.34. The molecule has 0 bridgehead atoms. The van der Waals surface area contributed by atoms with Gasteiger partial charge in [0.25, 0.3) is 0 Å². The van der Waals surface area contributed by atoms with Gasteiger partial charge in [-0.05, 0) is 63.9 Å². The van der Waals surface area contributed by atoms with Crippen molar-refractivity contribution in [3.05, 3.63) is 101 Å². The third kappa shape index (κ3) is 10.1. The predicted octanol–water partition coefficient (Wildman–Crippen LogP) is 5.64. The molecular weight excluding hydrogens is 518 g/mol. The normalized spacial score (nSPS) is 12.8. The van der Waals surface area contributed by atoms with E-state index < -0.39 is 12.0 Å². The molecule has 3 rings (SSSR count). The molecule has 0 aliphatic rings. The molecule has 0 heterocycles. The summed E-state index contributed by atoms with van der Waals surface area (Å²) in [5, 5.41) is 10.7. The van der Waals surface area contributed by atoms with Crippen molar-refractivity contribution in [1.82, 2.24) is 4.90 Å². The second-order valence-corrected chi connectivity index (χ2v) is 10.7. The minimum absolute atomic E-state index is 0.0499. The van der Waals surface area contributed by atoms with Crippen molar-refractivity contribution in [1.29, 1.82) is 0 Å². The monoisotopic (exact) mass is 561 g/mol. The summed E-state index contributed by atoms with van der Waals surface area (Å²) in [7, 11) is 0. The van der Waals surface area contributed by atoms with E-state index in [9.17, 15) is 14.7 Å². The summed E-state index contributed by atoms with van der Waals surface area (Å²) < 4.78 is 16.9. The van der Waals surface area contributed by atoms with Gasteiger partial charge in [-0.25, -0.2) is 0 Å². The summed E-state index contributed by atoms with van der Waals surface area (Å²) in [6.07, 6.45) is -0.683. The standard InChI is InChI=1S/C34H43NO6/c1-24(2)35(21-31(36)23-41-32-16-14-27(15-17-32)22-39-18-19-40-25(3)4)34(38)26(5)29-12-9-13-30(20-29)33(37)28-10-7-6-8-11-28/h6-17,20,24-26,31,36H,18-19,21-23H2,1-5H3/t26-,31+/m0/s1. The van der Waals surface area contributed by atoms with Crippen molar-refractivity contribution in [2.75, 3.05) is 26.4 Å². The summed E-state index contributed by atoms with van der Waals surface area (Å²) in [6, 6.07) is 23.7. The third-order valence-corrected chi connectivity index (χ3v) is 6.68. The van der Waals surface area contributed by atoms with Gasteiger partial charge in [0.1, 0.15) is 18.5 Å². The molecule has 0 spiro atoms. The number of hydrogen-bond donors (Lipinski definition) is 1. The molecule has 7 nitrogen and oxygen atoms in total. The van der Waals surface area contributed by atoms with Crippen LogP contribution in [0.4, 0.5) is 0 Å². The first kappa shape index (κ1) is 32.0. The maximum absolute atomic E-state index is 13.5. The number of rotatable bonds is 16. The van der Waals surface area contributed by atoms with Gasteiger partial charge in [0.2, 0.25) is 5.91 Å². The number of hydrogen-bond acceptors (Lipinski definition) is 6. The highest BCUT2D eigenvalue weighted by atomic mass is 16.5. The van der Waals surface area contributed by atoms with Crippen LogP contribution in [0, 0.1) is 0 Å². The lowest BCUT2D eigenvalue weighted by molar-refractivity contribution is -0.136. The summed E-state index contributed by atoms with van der Waals surface area (Å²) >= 11 is 0. The highest BCUT2D eigenvalue weighted by Gasteiger charge is 2.27. The highest BCUT2D eigenvalue weighted by molar-refractivity contribution is 6.09. The number of ketones is 1. The molecule has 41 heavy (non-hydrogen) atoms. The Bertz CT molecular complexity index is 1230. The summed E-state index contributed by atoms with van der Waals surface area (Å²) in [4.78, 5) is 28.1. The molecule has 1 N–H and O–H groups in total. The Morgan fingerprint density at radius 1 is 0.829 bits per heavy atom. The van der Waals surface area contributed by atoms with Crippen LogP contribution in [0.25, 0.3) is 0 Å². The number of benzene rings is 3. The van der Waals surface area contributed by atoms with Crippen LogP contribution in [0.2, 0.25) is 0 Å². The summed E-state index contributed by atoms with van der Waals surface area (Å²) in [5.74, 6) is -0.0592. The topological polar surface area (TPSA) is 85.3 Å². The molecule has 0 radical (unpaired) electrons. The van der Waals surface area contributed by atoms with Gasteiger partial charge in [-0.3, -0.25) is 9.59 Å². The van der Waals surface area contributed by atoms with Crippen molar-refractivity contribution >= 4 is 11.7 Å². The molecule has 3 aromatic rings. The molecule has 1 amide bonds. The molecule has 0 fully saturated rings. The molecule has 0 unspecified atom stereocenters. The molecule has 0 saturated heterocycles. The lowest BCUT2D eigenvalue weighted by Gasteiger charge is -2.31. The molecule has 220 valence electrons. The first-order valence-corrected chi connectivity index (χ1v) is 14.2. The van der Waals surface area contributed by atoms with E-state index in [2.05, 4.69) is 0 Å². The van der Waals surface area contributed by atoms with Crippen LogP contribution in [0.3, 0.4) is 0 Å². The number of aliphatic hydroxyl groups is 1. The zero-order valence-electron chi connectivity index (χ0n) is 24.8. The zero-order valence-corrected chi connectivity index (χ0v) is 24.8. The van der Waals surface area contributed by atoms with Crippen LogP contribution in [0.15, 0.2) is 78.9 Å². The lowest BCUT2D eigenvalue weighted by atomic mass is 9.94. The van der Waals surface area contributed by atoms with Gasteiger partial charge >= 0.3 is 0 Å². The number of amides is 1. The fourth-order valence-electron chi connectivity index (χ4n) is 4.34. The summed E-state index contributed by atoms with van der Waals surface area (Å²) in [5.41, 5.74) is 2.91. The van der Waals surface area contributed by atoms with E-state index in [4.69, 9.17) is 14.2 Å². The predicted molar refractivity (Wildman–Crippen MR) is 160 cm³/mol. The minimum atomic E-state index is -0.872. The number of carbonyl (C=O) groups is 2. The Kier molecular flexibility index (Phi) is 12.5. The van der Waals surface area contributed by atoms with Gasteiger partial charge in [-0.2, -0.15) is 0 Å². The van der Waals surface area contributed by atoms with E-state index in [1.54, 1.807) is 35.2 Å². The Balaban J connectivity index is 1.53. The van der Waals surface area contributed by atoms with Crippen LogP contribution in [0.5, 0.6) is 5.75 Å². The summed E-state index contributed by atoms with van der Waals surface area (Å²) in [6.45, 7) is 11.4. The quantitative estimate of drug-likeness (QED) is 0.180. The van der Waals surface area contributed by atoms with E-state index in [0.29, 0.717) is 36.7 Å². The highest BCUT2D eigenvalue weighted by Crippen LogP contribution is 2.22. The van der Waals surface area contributed by atoms with Crippen LogP contribution in [0.1, 0.15) is 67.6 Å². The van der Waals surface area contributed by atoms with Gasteiger partial charge in [-0.1, -0.05) is 60.7 Å². The van der Waals surface area contributed by atoms with Crippen molar-refractivity contribution < 1.29 is 28.9 Å². The van der Waals surface area contributed by atoms with Crippen LogP contribution in [-0.2, 0) is 20.9 Å². The largest absolute Gasteiger partial charge is 0.491 e. The molecule has 0 aromatic heterocycles. The van der Waals surface area contributed by atoms with E-state index >= 15 is 0 Å². The number of ether oxygens (including phenoxy) is 3. The van der Waals surface area contributed by atoms with E-state index in [0.717, 1.165) is 11.1 Å². The molecule has 3 aromatic carbocycles.